The molecule has 1 aliphatic rings. The van der Waals surface area contributed by atoms with Gasteiger partial charge in [-0.2, -0.15) is 0 Å². The van der Waals surface area contributed by atoms with Gasteiger partial charge in [-0.05, 0) is 36.8 Å². The number of carbonyl (C=O) groups excluding carboxylic acids is 1. The second-order valence-corrected chi connectivity index (χ2v) is 8.30. The van der Waals surface area contributed by atoms with E-state index in [2.05, 4.69) is 5.32 Å². The first-order valence-electron chi connectivity index (χ1n) is 8.34. The predicted molar refractivity (Wildman–Crippen MR) is 97.3 cm³/mol. The molecule has 0 atom stereocenters. The van der Waals surface area contributed by atoms with Crippen LogP contribution < -0.4 is 5.32 Å². The van der Waals surface area contributed by atoms with Crippen LogP contribution in [0.15, 0.2) is 53.4 Å². The first kappa shape index (κ1) is 17.6. The fraction of sp³-hybridized carbons (Fsp3) is 0.316. The van der Waals surface area contributed by atoms with Crippen LogP contribution in [0.2, 0.25) is 0 Å². The SMILES string of the molecule is Cc1ccc(S(=O)(=O)Cc2ccc(C(=O)N3CCNCC3)cc2)cc1. The van der Waals surface area contributed by atoms with Crippen molar-refractivity contribution in [2.24, 2.45) is 0 Å². The largest absolute Gasteiger partial charge is 0.336 e. The van der Waals surface area contributed by atoms with Crippen LogP contribution in [-0.4, -0.2) is 45.4 Å². The third-order valence-electron chi connectivity index (χ3n) is 4.34. The van der Waals surface area contributed by atoms with Crippen molar-refractivity contribution in [1.82, 2.24) is 10.2 Å². The summed E-state index contributed by atoms with van der Waals surface area (Å²) in [7, 11) is -3.39. The van der Waals surface area contributed by atoms with Crippen LogP contribution in [0.1, 0.15) is 21.5 Å². The van der Waals surface area contributed by atoms with Crippen molar-refractivity contribution < 1.29 is 13.2 Å². The normalized spacial score (nSPS) is 15.2. The summed E-state index contributed by atoms with van der Waals surface area (Å²) in [5.41, 5.74) is 2.30. The molecule has 1 amide bonds. The van der Waals surface area contributed by atoms with Gasteiger partial charge >= 0.3 is 0 Å². The molecular weight excluding hydrogens is 336 g/mol. The number of nitrogens with one attached hydrogen (secondary N) is 1. The van der Waals surface area contributed by atoms with E-state index in [0.29, 0.717) is 29.1 Å². The van der Waals surface area contributed by atoms with E-state index in [0.717, 1.165) is 18.7 Å². The molecule has 2 aromatic carbocycles. The molecule has 5 nitrogen and oxygen atoms in total. The average Bonchev–Trinajstić information content (AvgIpc) is 2.62. The van der Waals surface area contributed by atoms with Gasteiger partial charge in [0.25, 0.3) is 5.91 Å². The van der Waals surface area contributed by atoms with Crippen molar-refractivity contribution in [1.29, 1.82) is 0 Å². The summed E-state index contributed by atoms with van der Waals surface area (Å²) >= 11 is 0. The van der Waals surface area contributed by atoms with Gasteiger partial charge in [0.15, 0.2) is 9.84 Å². The molecule has 1 aliphatic heterocycles. The molecule has 25 heavy (non-hydrogen) atoms. The summed E-state index contributed by atoms with van der Waals surface area (Å²) in [5, 5.41) is 3.21. The van der Waals surface area contributed by atoms with Gasteiger partial charge in [-0.3, -0.25) is 4.79 Å². The smallest absolute Gasteiger partial charge is 0.253 e. The fourth-order valence-electron chi connectivity index (χ4n) is 2.84. The van der Waals surface area contributed by atoms with Gasteiger partial charge in [0.05, 0.1) is 10.6 Å². The Balaban J connectivity index is 1.71. The van der Waals surface area contributed by atoms with E-state index in [4.69, 9.17) is 0 Å². The zero-order chi connectivity index (χ0) is 17.9. The van der Waals surface area contributed by atoms with E-state index in [-0.39, 0.29) is 11.7 Å². The summed E-state index contributed by atoms with van der Waals surface area (Å²) < 4.78 is 25.0. The zero-order valence-electron chi connectivity index (χ0n) is 14.2. The molecule has 1 saturated heterocycles. The molecule has 0 bridgehead atoms. The molecule has 1 N–H and O–H groups in total. The first-order valence-corrected chi connectivity index (χ1v) is 9.99. The second-order valence-electron chi connectivity index (χ2n) is 6.31. The van der Waals surface area contributed by atoms with Gasteiger partial charge in [0, 0.05) is 31.7 Å². The number of aryl methyl sites for hydroxylation is 1. The Hall–Kier alpha value is -2.18. The van der Waals surface area contributed by atoms with Crippen LogP contribution in [0.25, 0.3) is 0 Å². The number of carbonyl (C=O) groups is 1. The highest BCUT2D eigenvalue weighted by Crippen LogP contribution is 2.18. The van der Waals surface area contributed by atoms with Crippen LogP contribution in [-0.2, 0) is 15.6 Å². The minimum Gasteiger partial charge on any atom is -0.336 e. The summed E-state index contributed by atoms with van der Waals surface area (Å²) in [5.74, 6) is -0.0764. The van der Waals surface area contributed by atoms with Crippen molar-refractivity contribution >= 4 is 15.7 Å². The number of nitrogens with zero attached hydrogens (tertiary/aromatic N) is 1. The lowest BCUT2D eigenvalue weighted by Crippen LogP contribution is -2.46. The Kier molecular flexibility index (Phi) is 5.20. The molecular formula is C19H22N2O3S. The molecule has 0 saturated carbocycles. The highest BCUT2D eigenvalue weighted by molar-refractivity contribution is 7.90. The third kappa shape index (κ3) is 4.27. The lowest BCUT2D eigenvalue weighted by atomic mass is 10.1. The number of amides is 1. The number of hydrogen-bond acceptors (Lipinski definition) is 4. The average molecular weight is 358 g/mol. The highest BCUT2D eigenvalue weighted by Gasteiger charge is 2.19. The molecule has 3 rings (SSSR count). The first-order chi connectivity index (χ1) is 12.0. The molecule has 0 unspecified atom stereocenters. The topological polar surface area (TPSA) is 66.5 Å². The minimum atomic E-state index is -3.39. The van der Waals surface area contributed by atoms with Crippen LogP contribution in [0.5, 0.6) is 0 Å². The molecule has 0 aliphatic carbocycles. The minimum absolute atomic E-state index is 0.00515. The quantitative estimate of drug-likeness (QED) is 0.908. The van der Waals surface area contributed by atoms with E-state index in [1.54, 1.807) is 48.5 Å². The van der Waals surface area contributed by atoms with Crippen molar-refractivity contribution in [3.05, 3.63) is 65.2 Å². The standard InChI is InChI=1S/C19H22N2O3S/c1-15-2-8-18(9-3-15)25(23,24)14-16-4-6-17(7-5-16)19(22)21-12-10-20-11-13-21/h2-9,20H,10-14H2,1H3. The fourth-order valence-corrected chi connectivity index (χ4v) is 4.19. The van der Waals surface area contributed by atoms with Crippen LogP contribution in [0.4, 0.5) is 0 Å². The molecule has 132 valence electrons. The van der Waals surface area contributed by atoms with Gasteiger partial charge < -0.3 is 10.2 Å². The summed E-state index contributed by atoms with van der Waals surface area (Å²) in [4.78, 5) is 14.6. The van der Waals surface area contributed by atoms with Gasteiger partial charge in [-0.1, -0.05) is 29.8 Å². The summed E-state index contributed by atoms with van der Waals surface area (Å²) in [6.45, 7) is 4.92. The Morgan fingerprint density at radius 1 is 1.00 bits per heavy atom. The lowest BCUT2D eigenvalue weighted by molar-refractivity contribution is 0.0736. The zero-order valence-corrected chi connectivity index (χ0v) is 15.1. The number of hydrogen-bond donors (Lipinski definition) is 1. The molecule has 0 radical (unpaired) electrons. The number of benzene rings is 2. The van der Waals surface area contributed by atoms with Crippen LogP contribution in [0.3, 0.4) is 0 Å². The van der Waals surface area contributed by atoms with Crippen LogP contribution in [0, 0.1) is 6.92 Å². The van der Waals surface area contributed by atoms with Gasteiger partial charge in [-0.25, -0.2) is 8.42 Å². The Morgan fingerprint density at radius 2 is 1.60 bits per heavy atom. The van der Waals surface area contributed by atoms with E-state index < -0.39 is 9.84 Å². The van der Waals surface area contributed by atoms with Gasteiger partial charge in [0.2, 0.25) is 0 Å². The Bertz CT molecular complexity index is 837. The van der Waals surface area contributed by atoms with Crippen LogP contribution >= 0.6 is 0 Å². The number of rotatable bonds is 4. The molecule has 6 heteroatoms. The number of piperazine rings is 1. The van der Waals surface area contributed by atoms with Gasteiger partial charge in [0.1, 0.15) is 0 Å². The van der Waals surface area contributed by atoms with Crippen molar-refractivity contribution in [2.45, 2.75) is 17.6 Å². The third-order valence-corrected chi connectivity index (χ3v) is 6.05. The monoisotopic (exact) mass is 358 g/mol. The van der Waals surface area contributed by atoms with E-state index in [1.807, 2.05) is 11.8 Å². The highest BCUT2D eigenvalue weighted by atomic mass is 32.2. The van der Waals surface area contributed by atoms with Gasteiger partial charge in [-0.15, -0.1) is 0 Å². The molecule has 2 aromatic rings. The van der Waals surface area contributed by atoms with Crippen molar-refractivity contribution in [3.63, 3.8) is 0 Å². The van der Waals surface area contributed by atoms with E-state index >= 15 is 0 Å². The Morgan fingerprint density at radius 3 is 2.20 bits per heavy atom. The molecule has 0 spiro atoms. The maximum Gasteiger partial charge on any atom is 0.253 e. The van der Waals surface area contributed by atoms with E-state index in [9.17, 15) is 13.2 Å². The maximum absolute atomic E-state index is 12.5. The van der Waals surface area contributed by atoms with Crippen molar-refractivity contribution in [3.8, 4) is 0 Å². The lowest BCUT2D eigenvalue weighted by Gasteiger charge is -2.27. The molecule has 1 heterocycles. The maximum atomic E-state index is 12.5. The van der Waals surface area contributed by atoms with Crippen molar-refractivity contribution in [2.75, 3.05) is 26.2 Å². The summed E-state index contributed by atoms with van der Waals surface area (Å²) in [6.07, 6.45) is 0. The van der Waals surface area contributed by atoms with E-state index in [1.165, 1.54) is 0 Å². The second kappa shape index (κ2) is 7.37. The summed E-state index contributed by atoms with van der Waals surface area (Å²) in [6, 6.07) is 13.7. The number of sulfone groups is 1. The molecule has 1 fully saturated rings. The predicted octanol–water partition coefficient (Wildman–Crippen LogP) is 2.01. The Labute approximate surface area is 148 Å². The molecule has 0 aromatic heterocycles.